The van der Waals surface area contributed by atoms with Crippen molar-refractivity contribution >= 4 is 21.4 Å². The predicted molar refractivity (Wildman–Crippen MR) is 89.8 cm³/mol. The molecule has 0 bridgehead atoms. The van der Waals surface area contributed by atoms with E-state index in [1.54, 1.807) is 11.1 Å². The molecule has 1 heterocycles. The standard InChI is InChI=1S/C18H25NS/c1-3-8-19(9-4-2)17-6-5-14-11-15-7-10-20-18(15)13-16(14)12-17/h7,10-11,13,17H,3-6,8-9,12H2,1-2H3. The van der Waals surface area contributed by atoms with E-state index in [9.17, 15) is 0 Å². The van der Waals surface area contributed by atoms with Crippen LogP contribution >= 0.6 is 11.3 Å². The van der Waals surface area contributed by atoms with Gasteiger partial charge in [0.15, 0.2) is 0 Å². The molecule has 0 radical (unpaired) electrons. The molecule has 1 aliphatic carbocycles. The van der Waals surface area contributed by atoms with Gasteiger partial charge in [-0.3, -0.25) is 0 Å². The largest absolute Gasteiger partial charge is 0.300 e. The maximum atomic E-state index is 2.72. The zero-order valence-electron chi connectivity index (χ0n) is 12.7. The summed E-state index contributed by atoms with van der Waals surface area (Å²) in [5.74, 6) is 0. The van der Waals surface area contributed by atoms with Crippen molar-refractivity contribution in [1.82, 2.24) is 4.90 Å². The lowest BCUT2D eigenvalue weighted by atomic mass is 9.86. The molecule has 0 N–H and O–H groups in total. The fourth-order valence-corrected chi connectivity index (χ4v) is 4.40. The Hall–Kier alpha value is -0.860. The molecule has 1 atom stereocenters. The molecule has 108 valence electrons. The van der Waals surface area contributed by atoms with Gasteiger partial charge in [0.1, 0.15) is 0 Å². The molecule has 0 amide bonds. The van der Waals surface area contributed by atoms with Gasteiger partial charge in [0.2, 0.25) is 0 Å². The van der Waals surface area contributed by atoms with Gasteiger partial charge >= 0.3 is 0 Å². The predicted octanol–water partition coefficient (Wildman–Crippen LogP) is 4.88. The third-order valence-electron chi connectivity index (χ3n) is 4.52. The minimum Gasteiger partial charge on any atom is -0.300 e. The Balaban J connectivity index is 1.82. The first-order valence-corrected chi connectivity index (χ1v) is 8.92. The lowest BCUT2D eigenvalue weighted by Gasteiger charge is -2.35. The summed E-state index contributed by atoms with van der Waals surface area (Å²) < 4.78 is 1.46. The van der Waals surface area contributed by atoms with Crippen LogP contribution in [0.5, 0.6) is 0 Å². The second-order valence-electron chi connectivity index (χ2n) is 6.01. The fraction of sp³-hybridized carbons (Fsp3) is 0.556. The van der Waals surface area contributed by atoms with Crippen molar-refractivity contribution in [2.24, 2.45) is 0 Å². The van der Waals surface area contributed by atoms with E-state index in [2.05, 4.69) is 42.3 Å². The van der Waals surface area contributed by atoms with Crippen LogP contribution in [0.2, 0.25) is 0 Å². The van der Waals surface area contributed by atoms with Crippen LogP contribution in [0.4, 0.5) is 0 Å². The number of rotatable bonds is 5. The number of aryl methyl sites for hydroxylation is 1. The van der Waals surface area contributed by atoms with Crippen LogP contribution in [0, 0.1) is 0 Å². The number of hydrogen-bond acceptors (Lipinski definition) is 2. The van der Waals surface area contributed by atoms with Crippen molar-refractivity contribution in [2.75, 3.05) is 13.1 Å². The second kappa shape index (κ2) is 6.28. The van der Waals surface area contributed by atoms with Gasteiger partial charge in [-0.15, -0.1) is 11.3 Å². The minimum atomic E-state index is 0.764. The molecule has 1 unspecified atom stereocenters. The zero-order chi connectivity index (χ0) is 13.9. The lowest BCUT2D eigenvalue weighted by Crippen LogP contribution is -2.40. The van der Waals surface area contributed by atoms with Crippen molar-refractivity contribution in [1.29, 1.82) is 0 Å². The summed E-state index contributed by atoms with van der Waals surface area (Å²) >= 11 is 1.88. The topological polar surface area (TPSA) is 3.24 Å². The number of nitrogens with zero attached hydrogens (tertiary/aromatic N) is 1. The van der Waals surface area contributed by atoms with Crippen molar-refractivity contribution < 1.29 is 0 Å². The molecule has 0 saturated carbocycles. The highest BCUT2D eigenvalue weighted by Crippen LogP contribution is 2.31. The average Bonchev–Trinajstić information content (AvgIpc) is 2.91. The molecule has 1 aromatic heterocycles. The van der Waals surface area contributed by atoms with E-state index in [0.717, 1.165) is 6.04 Å². The summed E-state index contributed by atoms with van der Waals surface area (Å²) in [6.07, 6.45) is 6.39. The lowest BCUT2D eigenvalue weighted by molar-refractivity contribution is 0.180. The van der Waals surface area contributed by atoms with Gasteiger partial charge in [-0.05, 0) is 79.2 Å². The molecule has 1 nitrogen and oxygen atoms in total. The normalized spacial score (nSPS) is 18.6. The molecule has 20 heavy (non-hydrogen) atoms. The molecule has 2 aromatic rings. The minimum absolute atomic E-state index is 0.764. The van der Waals surface area contributed by atoms with E-state index >= 15 is 0 Å². The van der Waals surface area contributed by atoms with Crippen LogP contribution in [0.25, 0.3) is 10.1 Å². The molecule has 0 aliphatic heterocycles. The molecule has 3 rings (SSSR count). The van der Waals surface area contributed by atoms with E-state index < -0.39 is 0 Å². The van der Waals surface area contributed by atoms with E-state index in [4.69, 9.17) is 0 Å². The summed E-state index contributed by atoms with van der Waals surface area (Å²) in [6, 6.07) is 7.91. The first kappa shape index (κ1) is 14.1. The van der Waals surface area contributed by atoms with Crippen molar-refractivity contribution in [3.05, 3.63) is 34.7 Å². The molecule has 2 heteroatoms. The maximum Gasteiger partial charge on any atom is 0.0345 e. The zero-order valence-corrected chi connectivity index (χ0v) is 13.5. The Morgan fingerprint density at radius 2 is 1.95 bits per heavy atom. The van der Waals surface area contributed by atoms with Crippen LogP contribution in [0.1, 0.15) is 44.2 Å². The van der Waals surface area contributed by atoms with Crippen LogP contribution in [-0.4, -0.2) is 24.0 Å². The van der Waals surface area contributed by atoms with Gasteiger partial charge in [0, 0.05) is 10.7 Å². The van der Waals surface area contributed by atoms with Gasteiger partial charge in [-0.25, -0.2) is 0 Å². The van der Waals surface area contributed by atoms with Crippen molar-refractivity contribution in [3.63, 3.8) is 0 Å². The molecule has 0 spiro atoms. The Morgan fingerprint density at radius 3 is 2.70 bits per heavy atom. The fourth-order valence-electron chi connectivity index (χ4n) is 3.56. The Labute approximate surface area is 126 Å². The number of benzene rings is 1. The quantitative estimate of drug-likeness (QED) is 0.757. The summed E-state index contributed by atoms with van der Waals surface area (Å²) in [5, 5.41) is 3.65. The molecule has 1 aromatic carbocycles. The van der Waals surface area contributed by atoms with Crippen molar-refractivity contribution in [3.8, 4) is 0 Å². The Bertz CT molecular complexity index is 566. The highest BCUT2D eigenvalue weighted by molar-refractivity contribution is 7.17. The summed E-state index contributed by atoms with van der Waals surface area (Å²) in [4.78, 5) is 2.72. The molecular weight excluding hydrogens is 262 g/mol. The van der Waals surface area contributed by atoms with Gasteiger partial charge in [-0.1, -0.05) is 19.9 Å². The van der Waals surface area contributed by atoms with Gasteiger partial charge in [0.05, 0.1) is 0 Å². The Kier molecular flexibility index (Phi) is 4.42. The summed E-state index contributed by atoms with van der Waals surface area (Å²) in [6.45, 7) is 7.12. The van der Waals surface area contributed by atoms with Gasteiger partial charge in [0.25, 0.3) is 0 Å². The van der Waals surface area contributed by atoms with E-state index in [1.165, 1.54) is 55.3 Å². The SMILES string of the molecule is CCCN(CCC)C1CCc2cc3ccsc3cc2C1. The molecule has 0 saturated heterocycles. The van der Waals surface area contributed by atoms with E-state index in [1.807, 2.05) is 11.3 Å². The third kappa shape index (κ3) is 2.77. The van der Waals surface area contributed by atoms with Crippen LogP contribution in [0.15, 0.2) is 23.6 Å². The summed E-state index contributed by atoms with van der Waals surface area (Å²) in [7, 11) is 0. The van der Waals surface area contributed by atoms with Crippen LogP contribution in [0.3, 0.4) is 0 Å². The highest BCUT2D eigenvalue weighted by Gasteiger charge is 2.23. The van der Waals surface area contributed by atoms with Crippen molar-refractivity contribution in [2.45, 2.75) is 52.0 Å². The van der Waals surface area contributed by atoms with Crippen LogP contribution < -0.4 is 0 Å². The monoisotopic (exact) mass is 287 g/mol. The Morgan fingerprint density at radius 1 is 1.15 bits per heavy atom. The molecule has 1 aliphatic rings. The number of hydrogen-bond donors (Lipinski definition) is 0. The maximum absolute atomic E-state index is 2.72. The summed E-state index contributed by atoms with van der Waals surface area (Å²) in [5.41, 5.74) is 3.20. The number of fused-ring (bicyclic) bond motifs is 2. The smallest absolute Gasteiger partial charge is 0.0345 e. The molecule has 0 fully saturated rings. The number of thiophene rings is 1. The average molecular weight is 287 g/mol. The first-order valence-electron chi connectivity index (χ1n) is 8.05. The second-order valence-corrected chi connectivity index (χ2v) is 6.96. The highest BCUT2D eigenvalue weighted by atomic mass is 32.1. The third-order valence-corrected chi connectivity index (χ3v) is 5.39. The first-order chi connectivity index (χ1) is 9.81. The van der Waals surface area contributed by atoms with Crippen LogP contribution in [-0.2, 0) is 12.8 Å². The van der Waals surface area contributed by atoms with E-state index in [-0.39, 0.29) is 0 Å². The van der Waals surface area contributed by atoms with E-state index in [0.29, 0.717) is 0 Å². The molecular formula is C18H25NS. The van der Waals surface area contributed by atoms with Gasteiger partial charge in [-0.2, -0.15) is 0 Å². The van der Waals surface area contributed by atoms with Gasteiger partial charge < -0.3 is 4.90 Å².